The number of rotatable bonds is 3. The van der Waals surface area contributed by atoms with E-state index in [0.29, 0.717) is 5.69 Å². The van der Waals surface area contributed by atoms with Gasteiger partial charge in [0.05, 0.1) is 5.69 Å². The molecule has 2 heterocycles. The Morgan fingerprint density at radius 2 is 1.61 bits per heavy atom. The lowest BCUT2D eigenvalue weighted by atomic mass is 10.2. The second-order valence-corrected chi connectivity index (χ2v) is 4.63. The van der Waals surface area contributed by atoms with Gasteiger partial charge in [0.15, 0.2) is 6.29 Å². The van der Waals surface area contributed by atoms with Crippen LogP contribution in [0.5, 0.6) is 0 Å². The van der Waals surface area contributed by atoms with Gasteiger partial charge in [0.25, 0.3) is 0 Å². The van der Waals surface area contributed by atoms with Crippen molar-refractivity contribution in [2.45, 2.75) is 12.8 Å². The standard InChI is InChI=1S/C15H16N2O/c18-12-15-4-3-11-17(15)14-7-5-13(6-8-14)16-9-1-2-10-16/h3-8,11-12H,1-2,9-10H2. The zero-order valence-electron chi connectivity index (χ0n) is 10.2. The van der Waals surface area contributed by atoms with Gasteiger partial charge in [0.1, 0.15) is 0 Å². The molecule has 3 heteroatoms. The molecule has 0 aliphatic carbocycles. The van der Waals surface area contributed by atoms with E-state index in [2.05, 4.69) is 29.2 Å². The van der Waals surface area contributed by atoms with Crippen LogP contribution in [0.3, 0.4) is 0 Å². The molecule has 0 amide bonds. The number of carbonyl (C=O) groups excluding carboxylic acids is 1. The van der Waals surface area contributed by atoms with E-state index in [4.69, 9.17) is 0 Å². The molecule has 0 saturated carbocycles. The van der Waals surface area contributed by atoms with Crippen LogP contribution in [0.25, 0.3) is 5.69 Å². The van der Waals surface area contributed by atoms with E-state index in [9.17, 15) is 4.79 Å². The highest BCUT2D eigenvalue weighted by atomic mass is 16.1. The summed E-state index contributed by atoms with van der Waals surface area (Å²) in [5.41, 5.74) is 2.99. The van der Waals surface area contributed by atoms with Gasteiger partial charge in [0, 0.05) is 30.7 Å². The largest absolute Gasteiger partial charge is 0.372 e. The van der Waals surface area contributed by atoms with Gasteiger partial charge in [-0.1, -0.05) is 0 Å². The number of aromatic nitrogens is 1. The van der Waals surface area contributed by atoms with Crippen LogP contribution in [0, 0.1) is 0 Å². The maximum atomic E-state index is 10.9. The number of hydrogen-bond donors (Lipinski definition) is 0. The zero-order chi connectivity index (χ0) is 12.4. The minimum atomic E-state index is 0.684. The van der Waals surface area contributed by atoms with Crippen molar-refractivity contribution in [1.82, 2.24) is 4.57 Å². The lowest BCUT2D eigenvalue weighted by Gasteiger charge is -2.18. The Balaban J connectivity index is 1.88. The molecule has 0 radical (unpaired) electrons. The van der Waals surface area contributed by atoms with Gasteiger partial charge in [-0.15, -0.1) is 0 Å². The average Bonchev–Trinajstić information content (AvgIpc) is 3.10. The molecular weight excluding hydrogens is 224 g/mol. The summed E-state index contributed by atoms with van der Waals surface area (Å²) >= 11 is 0. The fraction of sp³-hybridized carbons (Fsp3) is 0.267. The van der Waals surface area contributed by atoms with Gasteiger partial charge in [-0.2, -0.15) is 0 Å². The van der Waals surface area contributed by atoms with Crippen molar-refractivity contribution >= 4 is 12.0 Å². The molecule has 1 aromatic heterocycles. The quantitative estimate of drug-likeness (QED) is 0.771. The minimum absolute atomic E-state index is 0.684. The number of carbonyl (C=O) groups is 1. The van der Waals surface area contributed by atoms with Crippen molar-refractivity contribution < 1.29 is 4.79 Å². The number of benzene rings is 1. The fourth-order valence-corrected chi connectivity index (χ4v) is 2.52. The molecule has 1 saturated heterocycles. The van der Waals surface area contributed by atoms with Gasteiger partial charge in [-0.05, 0) is 49.2 Å². The van der Waals surface area contributed by atoms with Crippen LogP contribution in [0.4, 0.5) is 5.69 Å². The third-order valence-electron chi connectivity index (χ3n) is 3.50. The summed E-state index contributed by atoms with van der Waals surface area (Å²) in [6.45, 7) is 2.31. The Kier molecular flexibility index (Phi) is 2.89. The topological polar surface area (TPSA) is 25.2 Å². The van der Waals surface area contributed by atoms with Crippen LogP contribution < -0.4 is 4.90 Å². The molecule has 3 nitrogen and oxygen atoms in total. The molecule has 1 aromatic carbocycles. The van der Waals surface area contributed by atoms with Crippen LogP contribution in [0.1, 0.15) is 23.3 Å². The lowest BCUT2D eigenvalue weighted by Crippen LogP contribution is -2.17. The zero-order valence-corrected chi connectivity index (χ0v) is 10.2. The SMILES string of the molecule is O=Cc1cccn1-c1ccc(N2CCCC2)cc1. The van der Waals surface area contributed by atoms with E-state index in [0.717, 1.165) is 25.1 Å². The molecule has 0 atom stereocenters. The van der Waals surface area contributed by atoms with E-state index < -0.39 is 0 Å². The smallest absolute Gasteiger partial charge is 0.166 e. The lowest BCUT2D eigenvalue weighted by molar-refractivity contribution is 0.111. The van der Waals surface area contributed by atoms with E-state index in [1.807, 2.05) is 22.9 Å². The van der Waals surface area contributed by atoms with Gasteiger partial charge >= 0.3 is 0 Å². The Bertz CT molecular complexity index is 536. The molecule has 92 valence electrons. The molecule has 0 spiro atoms. The summed E-state index contributed by atoms with van der Waals surface area (Å²) in [5, 5.41) is 0. The summed E-state index contributed by atoms with van der Waals surface area (Å²) < 4.78 is 1.90. The monoisotopic (exact) mass is 240 g/mol. The second kappa shape index (κ2) is 4.69. The summed E-state index contributed by atoms with van der Waals surface area (Å²) in [7, 11) is 0. The van der Waals surface area contributed by atoms with E-state index >= 15 is 0 Å². The molecule has 0 N–H and O–H groups in total. The van der Waals surface area contributed by atoms with Crippen LogP contribution in [0.2, 0.25) is 0 Å². The van der Waals surface area contributed by atoms with Gasteiger partial charge < -0.3 is 9.47 Å². The van der Waals surface area contributed by atoms with Gasteiger partial charge in [0.2, 0.25) is 0 Å². The molecule has 3 rings (SSSR count). The molecule has 1 fully saturated rings. The Labute approximate surface area is 107 Å². The van der Waals surface area contributed by atoms with Crippen LogP contribution in [-0.2, 0) is 0 Å². The summed E-state index contributed by atoms with van der Waals surface area (Å²) in [6.07, 6.45) is 5.37. The first-order valence-electron chi connectivity index (χ1n) is 6.36. The number of hydrogen-bond acceptors (Lipinski definition) is 2. The molecule has 1 aliphatic heterocycles. The van der Waals surface area contributed by atoms with Crippen molar-refractivity contribution in [3.05, 3.63) is 48.3 Å². The molecule has 18 heavy (non-hydrogen) atoms. The molecule has 0 bridgehead atoms. The fourth-order valence-electron chi connectivity index (χ4n) is 2.52. The normalized spacial score (nSPS) is 15.0. The summed E-state index contributed by atoms with van der Waals surface area (Å²) in [5.74, 6) is 0. The van der Waals surface area contributed by atoms with Crippen LogP contribution in [-0.4, -0.2) is 23.9 Å². The third-order valence-corrected chi connectivity index (χ3v) is 3.50. The van der Waals surface area contributed by atoms with E-state index in [1.165, 1.54) is 18.5 Å². The number of aldehydes is 1. The van der Waals surface area contributed by atoms with E-state index in [1.54, 1.807) is 0 Å². The first-order chi connectivity index (χ1) is 8.88. The predicted molar refractivity (Wildman–Crippen MR) is 72.6 cm³/mol. The predicted octanol–water partition coefficient (Wildman–Crippen LogP) is 2.89. The van der Waals surface area contributed by atoms with Crippen molar-refractivity contribution in [2.75, 3.05) is 18.0 Å². The second-order valence-electron chi connectivity index (χ2n) is 4.63. The Morgan fingerprint density at radius 3 is 2.28 bits per heavy atom. The highest BCUT2D eigenvalue weighted by Gasteiger charge is 2.12. The summed E-state index contributed by atoms with van der Waals surface area (Å²) in [6, 6.07) is 12.1. The van der Waals surface area contributed by atoms with Gasteiger partial charge in [-0.3, -0.25) is 4.79 Å². The van der Waals surface area contributed by atoms with Gasteiger partial charge in [-0.25, -0.2) is 0 Å². The molecule has 2 aromatic rings. The minimum Gasteiger partial charge on any atom is -0.372 e. The molecular formula is C15H16N2O. The molecule has 0 unspecified atom stereocenters. The number of nitrogens with zero attached hydrogens (tertiary/aromatic N) is 2. The Morgan fingerprint density at radius 1 is 0.944 bits per heavy atom. The third kappa shape index (κ3) is 1.92. The summed E-state index contributed by atoms with van der Waals surface area (Å²) in [4.78, 5) is 13.3. The first kappa shape index (κ1) is 11.1. The highest BCUT2D eigenvalue weighted by molar-refractivity contribution is 5.74. The van der Waals surface area contributed by atoms with Crippen LogP contribution >= 0.6 is 0 Å². The van der Waals surface area contributed by atoms with Crippen molar-refractivity contribution in [3.8, 4) is 5.69 Å². The maximum absolute atomic E-state index is 10.9. The molecule has 1 aliphatic rings. The first-order valence-corrected chi connectivity index (χ1v) is 6.36. The Hall–Kier alpha value is -2.03. The number of anilines is 1. The van der Waals surface area contributed by atoms with Crippen LogP contribution in [0.15, 0.2) is 42.6 Å². The van der Waals surface area contributed by atoms with E-state index in [-0.39, 0.29) is 0 Å². The van der Waals surface area contributed by atoms with Crippen molar-refractivity contribution in [1.29, 1.82) is 0 Å². The maximum Gasteiger partial charge on any atom is 0.166 e. The van der Waals surface area contributed by atoms with Crippen molar-refractivity contribution in [2.24, 2.45) is 0 Å². The average molecular weight is 240 g/mol. The highest BCUT2D eigenvalue weighted by Crippen LogP contribution is 2.22. The van der Waals surface area contributed by atoms with Crippen molar-refractivity contribution in [3.63, 3.8) is 0 Å².